The number of nitro benzene ring substituents is 1. The minimum atomic E-state index is -0.725. The smallest absolute Gasteiger partial charge is 0.270 e. The number of carbonyl (C=O) groups excluding carboxylic acids is 2. The third kappa shape index (κ3) is 4.64. The van der Waals surface area contributed by atoms with E-state index in [1.165, 1.54) is 18.2 Å². The summed E-state index contributed by atoms with van der Waals surface area (Å²) in [5.74, 6) is -1.21. The van der Waals surface area contributed by atoms with Crippen LogP contribution in [0.1, 0.15) is 21.5 Å². The summed E-state index contributed by atoms with van der Waals surface area (Å²) in [7, 11) is 0. The van der Waals surface area contributed by atoms with Crippen molar-refractivity contribution in [2.75, 3.05) is 5.32 Å². The van der Waals surface area contributed by atoms with Gasteiger partial charge in [-0.25, -0.2) is 0 Å². The van der Waals surface area contributed by atoms with Gasteiger partial charge in [0.15, 0.2) is 5.78 Å². The molecule has 3 aromatic rings. The summed E-state index contributed by atoms with van der Waals surface area (Å²) in [6.45, 7) is 0. The van der Waals surface area contributed by atoms with Crippen LogP contribution in [0, 0.1) is 21.4 Å². The lowest BCUT2D eigenvalue weighted by Gasteiger charge is -2.10. The van der Waals surface area contributed by atoms with Crippen LogP contribution in [0.2, 0.25) is 0 Å². The summed E-state index contributed by atoms with van der Waals surface area (Å²) >= 11 is 0. The van der Waals surface area contributed by atoms with E-state index < -0.39 is 16.6 Å². The van der Waals surface area contributed by atoms with Crippen LogP contribution in [0.5, 0.6) is 0 Å². The Bertz CT molecular complexity index is 1180. The Balaban J connectivity index is 1.98. The molecule has 0 unspecified atom stereocenters. The van der Waals surface area contributed by atoms with E-state index >= 15 is 0 Å². The number of anilines is 1. The van der Waals surface area contributed by atoms with Gasteiger partial charge in [0.25, 0.3) is 11.6 Å². The maximum absolute atomic E-state index is 12.9. The van der Waals surface area contributed by atoms with Crippen molar-refractivity contribution < 1.29 is 14.5 Å². The average Bonchev–Trinajstić information content (AvgIpc) is 2.78. The Kier molecular flexibility index (Phi) is 6.11. The summed E-state index contributed by atoms with van der Waals surface area (Å²) in [6, 6.07) is 22.4. The molecular weight excluding hydrogens is 382 g/mol. The minimum Gasteiger partial charge on any atom is -0.321 e. The maximum Gasteiger partial charge on any atom is 0.270 e. The predicted molar refractivity (Wildman–Crippen MR) is 112 cm³/mol. The van der Waals surface area contributed by atoms with Crippen molar-refractivity contribution in [2.45, 2.75) is 0 Å². The molecule has 146 valence electrons. The molecule has 0 bridgehead atoms. The SMILES string of the molecule is N#CC(=Cc1ccccc1)C(=O)Nc1ccc([N+](=O)[O-])cc1C(=O)c1ccccc1. The summed E-state index contributed by atoms with van der Waals surface area (Å²) < 4.78 is 0. The molecule has 0 saturated heterocycles. The molecule has 30 heavy (non-hydrogen) atoms. The Morgan fingerprint density at radius 2 is 1.60 bits per heavy atom. The topological polar surface area (TPSA) is 113 Å². The van der Waals surface area contributed by atoms with Gasteiger partial charge in [-0.2, -0.15) is 5.26 Å². The highest BCUT2D eigenvalue weighted by Gasteiger charge is 2.20. The molecule has 7 heteroatoms. The lowest BCUT2D eigenvalue weighted by molar-refractivity contribution is -0.384. The Morgan fingerprint density at radius 1 is 0.967 bits per heavy atom. The van der Waals surface area contributed by atoms with E-state index in [0.717, 1.165) is 6.07 Å². The molecule has 7 nitrogen and oxygen atoms in total. The second kappa shape index (κ2) is 9.08. The molecule has 0 saturated carbocycles. The molecular formula is C23H15N3O4. The van der Waals surface area contributed by atoms with Crippen molar-refractivity contribution in [3.8, 4) is 6.07 Å². The first-order chi connectivity index (χ1) is 14.5. The first-order valence-electron chi connectivity index (χ1n) is 8.86. The molecule has 1 N–H and O–H groups in total. The van der Waals surface area contributed by atoms with Crippen LogP contribution in [0.15, 0.2) is 84.4 Å². The summed E-state index contributed by atoms with van der Waals surface area (Å²) in [4.78, 5) is 36.1. The van der Waals surface area contributed by atoms with Gasteiger partial charge < -0.3 is 5.32 Å². The quantitative estimate of drug-likeness (QED) is 0.218. The molecule has 0 aliphatic carbocycles. The van der Waals surface area contributed by atoms with E-state index in [0.29, 0.717) is 11.1 Å². The standard InChI is InChI=1S/C23H15N3O4/c24-15-18(13-16-7-3-1-4-8-16)23(28)25-21-12-11-19(26(29)30)14-20(21)22(27)17-9-5-2-6-10-17/h1-14H,(H,25,28). The van der Waals surface area contributed by atoms with Crippen molar-refractivity contribution in [2.24, 2.45) is 0 Å². The number of amides is 1. The molecule has 0 spiro atoms. The fraction of sp³-hybridized carbons (Fsp3) is 0. The van der Waals surface area contributed by atoms with Crippen molar-refractivity contribution in [3.63, 3.8) is 0 Å². The van der Waals surface area contributed by atoms with Crippen LogP contribution in [0.25, 0.3) is 6.08 Å². The number of ketones is 1. The fourth-order valence-electron chi connectivity index (χ4n) is 2.74. The van der Waals surface area contributed by atoms with Gasteiger partial charge in [0.05, 0.1) is 16.2 Å². The molecule has 3 aromatic carbocycles. The van der Waals surface area contributed by atoms with Crippen LogP contribution in [0.3, 0.4) is 0 Å². The van der Waals surface area contributed by atoms with E-state index in [4.69, 9.17) is 0 Å². The number of nitrogens with one attached hydrogen (secondary N) is 1. The molecule has 0 atom stereocenters. The normalized spacial score (nSPS) is 10.7. The average molecular weight is 397 g/mol. The number of hydrogen-bond donors (Lipinski definition) is 1. The number of non-ortho nitro benzene ring substituents is 1. The highest BCUT2D eigenvalue weighted by atomic mass is 16.6. The van der Waals surface area contributed by atoms with Crippen LogP contribution in [0.4, 0.5) is 11.4 Å². The first kappa shape index (κ1) is 20.2. The summed E-state index contributed by atoms with van der Waals surface area (Å²) in [5, 5.41) is 23.1. The van der Waals surface area contributed by atoms with Crippen molar-refractivity contribution in [3.05, 3.63) is 111 Å². The van der Waals surface area contributed by atoms with Gasteiger partial charge in [0.2, 0.25) is 0 Å². The zero-order chi connectivity index (χ0) is 21.5. The largest absolute Gasteiger partial charge is 0.321 e. The molecule has 0 radical (unpaired) electrons. The van der Waals surface area contributed by atoms with E-state index in [1.807, 2.05) is 12.1 Å². The van der Waals surface area contributed by atoms with Crippen molar-refractivity contribution >= 4 is 29.1 Å². The second-order valence-corrected chi connectivity index (χ2v) is 6.22. The van der Waals surface area contributed by atoms with Crippen LogP contribution < -0.4 is 5.32 Å². The minimum absolute atomic E-state index is 0.0410. The first-order valence-corrected chi connectivity index (χ1v) is 8.86. The van der Waals surface area contributed by atoms with Crippen LogP contribution in [-0.4, -0.2) is 16.6 Å². The molecule has 0 aliphatic rings. The van der Waals surface area contributed by atoms with E-state index in [9.17, 15) is 25.0 Å². The van der Waals surface area contributed by atoms with Gasteiger partial charge in [-0.1, -0.05) is 60.7 Å². The highest BCUT2D eigenvalue weighted by molar-refractivity contribution is 6.16. The number of hydrogen-bond acceptors (Lipinski definition) is 5. The van der Waals surface area contributed by atoms with E-state index in [2.05, 4.69) is 5.32 Å². The fourth-order valence-corrected chi connectivity index (χ4v) is 2.74. The Morgan fingerprint density at radius 3 is 2.20 bits per heavy atom. The number of nitro groups is 1. The maximum atomic E-state index is 12.9. The third-order valence-electron chi connectivity index (χ3n) is 4.22. The number of nitrogens with zero attached hydrogens (tertiary/aromatic N) is 2. The van der Waals surface area contributed by atoms with Gasteiger partial charge in [-0.15, -0.1) is 0 Å². The highest BCUT2D eigenvalue weighted by Crippen LogP contribution is 2.25. The van der Waals surface area contributed by atoms with E-state index in [-0.39, 0.29) is 22.5 Å². The van der Waals surface area contributed by atoms with E-state index in [1.54, 1.807) is 54.6 Å². The van der Waals surface area contributed by atoms with Gasteiger partial charge >= 0.3 is 0 Å². The third-order valence-corrected chi connectivity index (χ3v) is 4.22. The van der Waals surface area contributed by atoms with Crippen molar-refractivity contribution in [1.29, 1.82) is 5.26 Å². The summed E-state index contributed by atoms with van der Waals surface area (Å²) in [5.41, 5.74) is 0.557. The van der Waals surface area contributed by atoms with Gasteiger partial charge in [-0.3, -0.25) is 19.7 Å². The zero-order valence-electron chi connectivity index (χ0n) is 15.6. The zero-order valence-corrected chi connectivity index (χ0v) is 15.6. The molecule has 3 rings (SSSR count). The molecule has 0 aromatic heterocycles. The monoisotopic (exact) mass is 397 g/mol. The number of nitriles is 1. The van der Waals surface area contributed by atoms with Crippen LogP contribution >= 0.6 is 0 Å². The molecule has 1 amide bonds. The Labute approximate surface area is 172 Å². The van der Waals surface area contributed by atoms with Gasteiger partial charge in [-0.05, 0) is 17.7 Å². The lowest BCUT2D eigenvalue weighted by Crippen LogP contribution is -2.16. The van der Waals surface area contributed by atoms with Crippen LogP contribution in [-0.2, 0) is 4.79 Å². The van der Waals surface area contributed by atoms with Gasteiger partial charge in [0, 0.05) is 17.7 Å². The number of rotatable bonds is 6. The Hall–Kier alpha value is -4.57. The van der Waals surface area contributed by atoms with Crippen molar-refractivity contribution in [1.82, 2.24) is 0 Å². The van der Waals surface area contributed by atoms with Gasteiger partial charge in [0.1, 0.15) is 11.6 Å². The molecule has 0 aliphatic heterocycles. The molecule has 0 heterocycles. The molecule has 0 fully saturated rings. The second-order valence-electron chi connectivity index (χ2n) is 6.22. The number of carbonyl (C=O) groups is 2. The predicted octanol–water partition coefficient (Wildman–Crippen LogP) is 4.37. The number of benzene rings is 3. The summed E-state index contributed by atoms with van der Waals surface area (Å²) in [6.07, 6.45) is 1.42. The lowest BCUT2D eigenvalue weighted by atomic mass is 10.0.